The molecule has 0 radical (unpaired) electrons. The largest absolute Gasteiger partial charge is 0.455 e. The Morgan fingerprint density at radius 3 is 1.87 bits per heavy atom. The van der Waals surface area contributed by atoms with E-state index in [1.807, 2.05) is 6.07 Å². The molecule has 12 aromatic rings. The molecule has 0 atom stereocenters. The van der Waals surface area contributed by atoms with Gasteiger partial charge in [0.1, 0.15) is 11.2 Å². The third kappa shape index (κ3) is 5.82. The molecule has 61 heavy (non-hydrogen) atoms. The van der Waals surface area contributed by atoms with E-state index in [1.54, 1.807) is 0 Å². The lowest BCUT2D eigenvalue weighted by Gasteiger charge is -2.30. The number of para-hydroxylation sites is 5. The number of nitrogens with zero attached hydrogens (tertiary/aromatic N) is 2. The molecule has 0 unspecified atom stereocenters. The molecule has 0 saturated carbocycles. The van der Waals surface area contributed by atoms with E-state index in [-0.39, 0.29) is 0 Å². The van der Waals surface area contributed by atoms with E-state index >= 15 is 0 Å². The molecule has 0 N–H and O–H groups in total. The van der Waals surface area contributed by atoms with Crippen LogP contribution in [0.5, 0.6) is 0 Å². The van der Waals surface area contributed by atoms with Crippen LogP contribution in [-0.2, 0) is 0 Å². The fourth-order valence-electron chi connectivity index (χ4n) is 9.35. The molecule has 0 aliphatic heterocycles. The molecule has 10 aromatic carbocycles. The highest BCUT2D eigenvalue weighted by atomic mass is 16.3. The maximum absolute atomic E-state index is 6.71. The molecule has 0 aliphatic carbocycles. The molecular formula is C58H38N2O. The van der Waals surface area contributed by atoms with Gasteiger partial charge in [-0.3, -0.25) is 0 Å². The van der Waals surface area contributed by atoms with Crippen LogP contribution >= 0.6 is 0 Å². The second kappa shape index (κ2) is 14.3. The maximum Gasteiger partial charge on any atom is 0.143 e. The van der Waals surface area contributed by atoms with Crippen LogP contribution in [0, 0.1) is 0 Å². The van der Waals surface area contributed by atoms with Gasteiger partial charge in [0.2, 0.25) is 0 Å². The Bertz CT molecular complexity index is 3600. The van der Waals surface area contributed by atoms with Gasteiger partial charge in [-0.25, -0.2) is 0 Å². The summed E-state index contributed by atoms with van der Waals surface area (Å²) in [6.45, 7) is 0. The third-order valence-corrected chi connectivity index (χ3v) is 12.2. The van der Waals surface area contributed by atoms with Crippen molar-refractivity contribution in [1.82, 2.24) is 4.57 Å². The van der Waals surface area contributed by atoms with Gasteiger partial charge in [0.05, 0.1) is 22.4 Å². The van der Waals surface area contributed by atoms with Crippen molar-refractivity contribution in [1.29, 1.82) is 0 Å². The van der Waals surface area contributed by atoms with Gasteiger partial charge in [0.15, 0.2) is 0 Å². The quantitative estimate of drug-likeness (QED) is 0.161. The minimum Gasteiger partial charge on any atom is -0.455 e. The normalized spacial score (nSPS) is 11.6. The Morgan fingerprint density at radius 1 is 0.344 bits per heavy atom. The maximum atomic E-state index is 6.71. The standard InChI is InChI=1S/C58H38N2O/c1-3-17-40(18-4-1)52-37-43(42-31-30-39-16-7-8-19-41(39)36-42)32-35-55(52)60(45-33-34-48-46-22-9-12-27-53(46)59(56(48)38-45)44-20-5-2-6-21-44)54-28-13-10-23-47(54)50-25-15-26-51-49-24-11-14-29-57(49)61-58(50)51/h1-38H. The fraction of sp³-hybridized carbons (Fsp3) is 0. The Kier molecular flexibility index (Phi) is 8.17. The number of hydrogen-bond acceptors (Lipinski definition) is 2. The zero-order valence-electron chi connectivity index (χ0n) is 33.2. The first kappa shape index (κ1) is 34.9. The zero-order valence-corrected chi connectivity index (χ0v) is 33.2. The van der Waals surface area contributed by atoms with Crippen molar-refractivity contribution in [2.45, 2.75) is 0 Å². The molecule has 0 spiro atoms. The van der Waals surface area contributed by atoms with Gasteiger partial charge in [-0.05, 0) is 88.1 Å². The molecule has 3 heteroatoms. The number of fused-ring (bicyclic) bond motifs is 7. The van der Waals surface area contributed by atoms with Gasteiger partial charge in [0, 0.05) is 49.6 Å². The molecular weight excluding hydrogens is 741 g/mol. The summed E-state index contributed by atoms with van der Waals surface area (Å²) in [4.78, 5) is 2.45. The number of furan rings is 1. The van der Waals surface area contributed by atoms with Crippen LogP contribution in [0.3, 0.4) is 0 Å². The van der Waals surface area contributed by atoms with Gasteiger partial charge in [-0.1, -0.05) is 170 Å². The molecule has 0 saturated heterocycles. The second-order valence-electron chi connectivity index (χ2n) is 15.7. The van der Waals surface area contributed by atoms with Crippen molar-refractivity contribution < 1.29 is 4.42 Å². The van der Waals surface area contributed by atoms with E-state index in [0.29, 0.717) is 0 Å². The summed E-state index contributed by atoms with van der Waals surface area (Å²) in [6.07, 6.45) is 0. The summed E-state index contributed by atoms with van der Waals surface area (Å²) in [6, 6.07) is 83.1. The van der Waals surface area contributed by atoms with Crippen LogP contribution in [0.1, 0.15) is 0 Å². The van der Waals surface area contributed by atoms with Crippen molar-refractivity contribution in [2.24, 2.45) is 0 Å². The number of anilines is 3. The van der Waals surface area contributed by atoms with E-state index in [4.69, 9.17) is 4.42 Å². The SMILES string of the molecule is c1ccc(-c2cc(-c3ccc4ccccc4c3)ccc2N(c2ccc3c4ccccc4n(-c4ccccc4)c3c2)c2ccccc2-c2cccc3c2oc2ccccc23)cc1. The summed E-state index contributed by atoms with van der Waals surface area (Å²) in [5, 5.41) is 7.11. The Hall–Kier alpha value is -8.14. The minimum absolute atomic E-state index is 0.880. The smallest absolute Gasteiger partial charge is 0.143 e. The minimum atomic E-state index is 0.880. The molecule has 0 aliphatic rings. The lowest BCUT2D eigenvalue weighted by atomic mass is 9.94. The van der Waals surface area contributed by atoms with Crippen molar-refractivity contribution >= 4 is 71.6 Å². The average molecular weight is 779 g/mol. The lowest BCUT2D eigenvalue weighted by Crippen LogP contribution is -2.13. The van der Waals surface area contributed by atoms with E-state index in [1.165, 1.54) is 32.6 Å². The van der Waals surface area contributed by atoms with Crippen molar-refractivity contribution in [3.8, 4) is 39.1 Å². The van der Waals surface area contributed by atoms with Crippen LogP contribution in [-0.4, -0.2) is 4.57 Å². The first-order valence-corrected chi connectivity index (χ1v) is 20.8. The van der Waals surface area contributed by atoms with E-state index in [2.05, 4.69) is 234 Å². The summed E-state index contributed by atoms with van der Waals surface area (Å²) in [5.41, 5.74) is 15.1. The number of benzene rings is 10. The van der Waals surface area contributed by atoms with E-state index in [9.17, 15) is 0 Å². The van der Waals surface area contributed by atoms with Crippen LogP contribution < -0.4 is 4.90 Å². The Balaban J connectivity index is 1.15. The molecule has 0 bridgehead atoms. The summed E-state index contributed by atoms with van der Waals surface area (Å²) in [5.74, 6) is 0. The summed E-state index contributed by atoms with van der Waals surface area (Å²) < 4.78 is 9.10. The van der Waals surface area contributed by atoms with Gasteiger partial charge >= 0.3 is 0 Å². The van der Waals surface area contributed by atoms with Gasteiger partial charge < -0.3 is 13.9 Å². The molecule has 3 nitrogen and oxygen atoms in total. The first-order chi connectivity index (χ1) is 30.3. The molecule has 286 valence electrons. The van der Waals surface area contributed by atoms with Gasteiger partial charge in [-0.2, -0.15) is 0 Å². The summed E-state index contributed by atoms with van der Waals surface area (Å²) in [7, 11) is 0. The van der Waals surface area contributed by atoms with Crippen molar-refractivity contribution in [3.63, 3.8) is 0 Å². The van der Waals surface area contributed by atoms with E-state index < -0.39 is 0 Å². The number of hydrogen-bond donors (Lipinski definition) is 0. The Morgan fingerprint density at radius 2 is 0.984 bits per heavy atom. The highest BCUT2D eigenvalue weighted by molar-refractivity contribution is 6.13. The van der Waals surface area contributed by atoms with Crippen molar-refractivity contribution in [3.05, 3.63) is 231 Å². The highest BCUT2D eigenvalue weighted by Crippen LogP contribution is 2.48. The summed E-state index contributed by atoms with van der Waals surface area (Å²) >= 11 is 0. The predicted octanol–water partition coefficient (Wildman–Crippen LogP) is 16.3. The van der Waals surface area contributed by atoms with Gasteiger partial charge in [-0.15, -0.1) is 0 Å². The average Bonchev–Trinajstić information content (AvgIpc) is 3.88. The highest BCUT2D eigenvalue weighted by Gasteiger charge is 2.24. The molecule has 0 fully saturated rings. The Labute approximate surface area is 353 Å². The lowest BCUT2D eigenvalue weighted by molar-refractivity contribution is 0.670. The molecule has 2 heterocycles. The predicted molar refractivity (Wildman–Crippen MR) is 257 cm³/mol. The number of rotatable bonds is 7. The van der Waals surface area contributed by atoms with Crippen LogP contribution in [0.2, 0.25) is 0 Å². The van der Waals surface area contributed by atoms with Crippen molar-refractivity contribution in [2.75, 3.05) is 4.90 Å². The van der Waals surface area contributed by atoms with Crippen LogP contribution in [0.25, 0.3) is 93.6 Å². The first-order valence-electron chi connectivity index (χ1n) is 20.8. The van der Waals surface area contributed by atoms with Crippen LogP contribution in [0.4, 0.5) is 17.1 Å². The van der Waals surface area contributed by atoms with Crippen LogP contribution in [0.15, 0.2) is 235 Å². The third-order valence-electron chi connectivity index (χ3n) is 12.2. The van der Waals surface area contributed by atoms with Gasteiger partial charge in [0.25, 0.3) is 0 Å². The fourth-order valence-corrected chi connectivity index (χ4v) is 9.35. The van der Waals surface area contributed by atoms with E-state index in [0.717, 1.165) is 78.0 Å². The monoisotopic (exact) mass is 778 g/mol. The molecule has 0 amide bonds. The zero-order chi connectivity index (χ0) is 40.3. The topological polar surface area (TPSA) is 21.3 Å². The number of aromatic nitrogens is 1. The molecule has 2 aromatic heterocycles. The molecule has 12 rings (SSSR count). The second-order valence-corrected chi connectivity index (χ2v) is 15.7.